The van der Waals surface area contributed by atoms with E-state index >= 15 is 0 Å². The van der Waals surface area contributed by atoms with Crippen molar-refractivity contribution in [2.24, 2.45) is 34.8 Å². The lowest BCUT2D eigenvalue weighted by atomic mass is 9.68. The van der Waals surface area contributed by atoms with Gasteiger partial charge in [-0.3, -0.25) is 0 Å². The van der Waals surface area contributed by atoms with E-state index in [-0.39, 0.29) is 0 Å². The van der Waals surface area contributed by atoms with Crippen molar-refractivity contribution >= 4 is 0 Å². The minimum absolute atomic E-state index is 0.533. The zero-order valence-electron chi connectivity index (χ0n) is 14.9. The fourth-order valence-electron chi connectivity index (χ4n) is 5.13. The molecule has 0 aromatic rings. The topological polar surface area (TPSA) is 29.3 Å². The molecule has 0 aromatic heterocycles. The predicted octanol–water partition coefficient (Wildman–Crippen LogP) is 4.15. The van der Waals surface area contributed by atoms with Crippen LogP contribution in [0.4, 0.5) is 0 Å². The molecule has 0 radical (unpaired) electrons. The van der Waals surface area contributed by atoms with Gasteiger partial charge < -0.3 is 10.6 Å². The quantitative estimate of drug-likeness (QED) is 0.797. The summed E-state index contributed by atoms with van der Waals surface area (Å²) in [4.78, 5) is 2.75. The third-order valence-corrected chi connectivity index (χ3v) is 6.18. The van der Waals surface area contributed by atoms with Crippen molar-refractivity contribution in [3.63, 3.8) is 0 Å². The Morgan fingerprint density at radius 2 is 2.00 bits per heavy atom. The number of rotatable bonds is 6. The van der Waals surface area contributed by atoms with Gasteiger partial charge in [-0.15, -0.1) is 0 Å². The number of likely N-dealkylation sites (tertiary alicyclic amines) is 1. The van der Waals surface area contributed by atoms with Gasteiger partial charge in [0.05, 0.1) is 0 Å². The van der Waals surface area contributed by atoms with E-state index in [1.807, 2.05) is 0 Å². The molecule has 124 valence electrons. The van der Waals surface area contributed by atoms with E-state index in [0.717, 1.165) is 30.2 Å². The summed E-state index contributed by atoms with van der Waals surface area (Å²) >= 11 is 0. The molecule has 0 amide bonds. The molecule has 2 heteroatoms. The van der Waals surface area contributed by atoms with Gasteiger partial charge in [-0.05, 0) is 87.2 Å². The van der Waals surface area contributed by atoms with Gasteiger partial charge >= 0.3 is 0 Å². The molecule has 1 aliphatic heterocycles. The summed E-state index contributed by atoms with van der Waals surface area (Å²) in [6.07, 6.45) is 8.28. The van der Waals surface area contributed by atoms with Crippen LogP contribution in [0.2, 0.25) is 0 Å². The monoisotopic (exact) mass is 294 g/mol. The lowest BCUT2D eigenvalue weighted by Crippen LogP contribution is -2.43. The van der Waals surface area contributed by atoms with E-state index < -0.39 is 0 Å². The van der Waals surface area contributed by atoms with Crippen LogP contribution in [-0.4, -0.2) is 31.1 Å². The smallest absolute Gasteiger partial charge is 0.00126 e. The molecule has 0 bridgehead atoms. The molecule has 3 atom stereocenters. The third-order valence-electron chi connectivity index (χ3n) is 6.18. The van der Waals surface area contributed by atoms with Crippen molar-refractivity contribution in [1.82, 2.24) is 4.90 Å². The van der Waals surface area contributed by atoms with Crippen LogP contribution >= 0.6 is 0 Å². The highest BCUT2D eigenvalue weighted by atomic mass is 15.1. The van der Waals surface area contributed by atoms with Gasteiger partial charge in [0.2, 0.25) is 0 Å². The van der Waals surface area contributed by atoms with Gasteiger partial charge in [0.15, 0.2) is 0 Å². The molecule has 2 nitrogen and oxygen atoms in total. The van der Waals surface area contributed by atoms with Crippen molar-refractivity contribution in [3.05, 3.63) is 0 Å². The number of piperidine rings is 1. The summed E-state index contributed by atoms with van der Waals surface area (Å²) in [6, 6.07) is 0. The first kappa shape index (κ1) is 17.3. The zero-order valence-corrected chi connectivity index (χ0v) is 14.9. The standard InChI is InChI=1S/C19H38N2/c1-15(2)9-13-21-12-5-6-17(14-21)18-16(8-11-20)7-10-19(18,3)4/h15-18H,5-14,20H2,1-4H3. The molecule has 1 aliphatic carbocycles. The molecular formula is C19H38N2. The molecule has 2 aliphatic rings. The predicted molar refractivity (Wildman–Crippen MR) is 92.3 cm³/mol. The number of hydrogen-bond donors (Lipinski definition) is 1. The summed E-state index contributed by atoms with van der Waals surface area (Å²) in [5.74, 6) is 3.54. The fraction of sp³-hybridized carbons (Fsp3) is 1.00. The van der Waals surface area contributed by atoms with Gasteiger partial charge in [-0.25, -0.2) is 0 Å². The largest absolute Gasteiger partial charge is 0.330 e. The second kappa shape index (κ2) is 7.46. The van der Waals surface area contributed by atoms with Crippen molar-refractivity contribution in [1.29, 1.82) is 0 Å². The van der Waals surface area contributed by atoms with Crippen molar-refractivity contribution in [2.75, 3.05) is 26.2 Å². The van der Waals surface area contributed by atoms with E-state index in [2.05, 4.69) is 32.6 Å². The van der Waals surface area contributed by atoms with Crippen LogP contribution in [0.25, 0.3) is 0 Å². The van der Waals surface area contributed by atoms with Gasteiger partial charge in [0, 0.05) is 6.54 Å². The first-order valence-corrected chi connectivity index (χ1v) is 9.36. The number of nitrogens with zero attached hydrogens (tertiary/aromatic N) is 1. The zero-order chi connectivity index (χ0) is 15.5. The van der Waals surface area contributed by atoms with Gasteiger partial charge in [0.25, 0.3) is 0 Å². The Morgan fingerprint density at radius 1 is 1.24 bits per heavy atom. The lowest BCUT2D eigenvalue weighted by Gasteiger charge is -2.43. The molecule has 2 N–H and O–H groups in total. The first-order valence-electron chi connectivity index (χ1n) is 9.36. The fourth-order valence-corrected chi connectivity index (χ4v) is 5.13. The van der Waals surface area contributed by atoms with E-state index in [9.17, 15) is 0 Å². The summed E-state index contributed by atoms with van der Waals surface area (Å²) in [5, 5.41) is 0. The third kappa shape index (κ3) is 4.45. The van der Waals surface area contributed by atoms with E-state index in [1.54, 1.807) is 0 Å². The maximum absolute atomic E-state index is 5.89. The Hall–Kier alpha value is -0.0800. The maximum atomic E-state index is 5.89. The molecule has 1 heterocycles. The Kier molecular flexibility index (Phi) is 6.14. The SMILES string of the molecule is CC(C)CCN1CCCC(C2C(CCN)CCC2(C)C)C1. The van der Waals surface area contributed by atoms with Crippen LogP contribution in [0.15, 0.2) is 0 Å². The van der Waals surface area contributed by atoms with Gasteiger partial charge in [-0.2, -0.15) is 0 Å². The molecule has 0 spiro atoms. The molecule has 2 rings (SSSR count). The molecule has 1 saturated carbocycles. The van der Waals surface area contributed by atoms with Gasteiger partial charge in [-0.1, -0.05) is 27.7 Å². The highest BCUT2D eigenvalue weighted by molar-refractivity contribution is 4.96. The maximum Gasteiger partial charge on any atom is 0.00126 e. The van der Waals surface area contributed by atoms with Crippen LogP contribution in [0.3, 0.4) is 0 Å². The van der Waals surface area contributed by atoms with Crippen molar-refractivity contribution in [3.8, 4) is 0 Å². The van der Waals surface area contributed by atoms with Crippen LogP contribution < -0.4 is 5.73 Å². The Labute approximate surface area is 132 Å². The summed E-state index contributed by atoms with van der Waals surface area (Å²) in [7, 11) is 0. The van der Waals surface area contributed by atoms with Crippen LogP contribution in [-0.2, 0) is 0 Å². The summed E-state index contributed by atoms with van der Waals surface area (Å²) < 4.78 is 0. The van der Waals surface area contributed by atoms with Crippen molar-refractivity contribution < 1.29 is 0 Å². The summed E-state index contributed by atoms with van der Waals surface area (Å²) in [6.45, 7) is 14.6. The van der Waals surface area contributed by atoms with E-state index in [1.165, 1.54) is 58.2 Å². The van der Waals surface area contributed by atoms with E-state index in [4.69, 9.17) is 5.73 Å². The minimum atomic E-state index is 0.533. The normalized spacial score (nSPS) is 33.7. The van der Waals surface area contributed by atoms with E-state index in [0.29, 0.717) is 5.41 Å². The Balaban J connectivity index is 1.97. The average molecular weight is 295 g/mol. The van der Waals surface area contributed by atoms with Crippen LogP contribution in [0.5, 0.6) is 0 Å². The molecule has 1 saturated heterocycles. The molecular weight excluding hydrogens is 256 g/mol. The van der Waals surface area contributed by atoms with Crippen molar-refractivity contribution in [2.45, 2.75) is 66.2 Å². The number of nitrogens with two attached hydrogens (primary N) is 1. The average Bonchev–Trinajstić information content (AvgIpc) is 2.72. The van der Waals surface area contributed by atoms with Crippen LogP contribution in [0.1, 0.15) is 66.2 Å². The second-order valence-corrected chi connectivity index (χ2v) is 8.78. The second-order valence-electron chi connectivity index (χ2n) is 8.78. The Bertz CT molecular complexity index is 311. The first-order chi connectivity index (χ1) is 9.94. The minimum Gasteiger partial charge on any atom is -0.330 e. The van der Waals surface area contributed by atoms with Gasteiger partial charge in [0.1, 0.15) is 0 Å². The summed E-state index contributed by atoms with van der Waals surface area (Å²) in [5.41, 5.74) is 6.42. The number of hydrogen-bond acceptors (Lipinski definition) is 2. The highest BCUT2D eigenvalue weighted by Crippen LogP contribution is 2.52. The Morgan fingerprint density at radius 3 is 2.67 bits per heavy atom. The molecule has 0 aromatic carbocycles. The van der Waals surface area contributed by atoms with Crippen LogP contribution in [0, 0.1) is 29.1 Å². The lowest BCUT2D eigenvalue weighted by molar-refractivity contribution is 0.0597. The molecule has 2 fully saturated rings. The highest BCUT2D eigenvalue weighted by Gasteiger charge is 2.46. The molecule has 21 heavy (non-hydrogen) atoms. The molecule has 3 unspecified atom stereocenters.